The summed E-state index contributed by atoms with van der Waals surface area (Å²) >= 11 is 7.07. The van der Waals surface area contributed by atoms with Gasteiger partial charge in [-0.3, -0.25) is 4.79 Å². The van der Waals surface area contributed by atoms with E-state index in [1.54, 1.807) is 12.1 Å². The quantitative estimate of drug-likeness (QED) is 0.942. The molecule has 0 bridgehead atoms. The van der Waals surface area contributed by atoms with Crippen LogP contribution in [0.4, 0.5) is 5.69 Å². The standard InChI is InChI=1S/C13H11ClN4OS/c1-7(2)11-12(20-18-17-11)13(19)16-10-4-3-8(6-15)5-9(10)14/h3-5,7H,1-2H3,(H,16,19). The molecule has 2 aromatic rings. The average molecular weight is 307 g/mol. The Balaban J connectivity index is 2.24. The van der Waals surface area contributed by atoms with Crippen molar-refractivity contribution in [3.05, 3.63) is 39.4 Å². The molecule has 0 saturated heterocycles. The molecule has 102 valence electrons. The molecule has 1 heterocycles. The highest BCUT2D eigenvalue weighted by Gasteiger charge is 2.19. The fraction of sp³-hybridized carbons (Fsp3) is 0.231. The second-order valence-corrected chi connectivity index (χ2v) is 5.56. The summed E-state index contributed by atoms with van der Waals surface area (Å²) in [6.07, 6.45) is 0. The largest absolute Gasteiger partial charge is 0.320 e. The highest BCUT2D eigenvalue weighted by Crippen LogP contribution is 2.25. The van der Waals surface area contributed by atoms with Crippen molar-refractivity contribution in [2.24, 2.45) is 0 Å². The Hall–Kier alpha value is -1.97. The van der Waals surface area contributed by atoms with E-state index in [2.05, 4.69) is 14.9 Å². The third-order valence-electron chi connectivity index (χ3n) is 2.61. The van der Waals surface area contributed by atoms with Gasteiger partial charge in [-0.05, 0) is 35.6 Å². The summed E-state index contributed by atoms with van der Waals surface area (Å²) in [5, 5.41) is 15.8. The van der Waals surface area contributed by atoms with Crippen molar-refractivity contribution in [3.63, 3.8) is 0 Å². The molecule has 20 heavy (non-hydrogen) atoms. The van der Waals surface area contributed by atoms with Gasteiger partial charge in [-0.25, -0.2) is 0 Å². The van der Waals surface area contributed by atoms with Crippen LogP contribution in [0.15, 0.2) is 18.2 Å². The van der Waals surface area contributed by atoms with E-state index in [1.165, 1.54) is 6.07 Å². The Bertz CT molecular complexity index is 690. The van der Waals surface area contributed by atoms with E-state index in [1.807, 2.05) is 19.9 Å². The van der Waals surface area contributed by atoms with Crippen LogP contribution in [0.25, 0.3) is 0 Å². The van der Waals surface area contributed by atoms with Gasteiger partial charge in [0.25, 0.3) is 5.91 Å². The van der Waals surface area contributed by atoms with Gasteiger partial charge in [0.2, 0.25) is 0 Å². The minimum atomic E-state index is -0.296. The maximum atomic E-state index is 12.2. The number of hydrogen-bond acceptors (Lipinski definition) is 5. The number of hydrogen-bond donors (Lipinski definition) is 1. The van der Waals surface area contributed by atoms with E-state index in [0.29, 0.717) is 26.8 Å². The van der Waals surface area contributed by atoms with Crippen molar-refractivity contribution >= 4 is 34.7 Å². The van der Waals surface area contributed by atoms with Crippen molar-refractivity contribution in [1.29, 1.82) is 5.26 Å². The summed E-state index contributed by atoms with van der Waals surface area (Å²) in [5.74, 6) is -0.179. The number of nitriles is 1. The number of nitrogens with one attached hydrogen (secondary N) is 1. The molecule has 5 nitrogen and oxygen atoms in total. The first kappa shape index (κ1) is 14.4. The van der Waals surface area contributed by atoms with Crippen molar-refractivity contribution in [2.45, 2.75) is 19.8 Å². The van der Waals surface area contributed by atoms with E-state index >= 15 is 0 Å². The van der Waals surface area contributed by atoms with Gasteiger partial charge < -0.3 is 5.32 Å². The lowest BCUT2D eigenvalue weighted by Gasteiger charge is -2.07. The average Bonchev–Trinajstić information content (AvgIpc) is 2.90. The van der Waals surface area contributed by atoms with Crippen LogP contribution in [0.1, 0.15) is 40.7 Å². The van der Waals surface area contributed by atoms with Crippen LogP contribution >= 0.6 is 23.1 Å². The Morgan fingerprint density at radius 3 is 2.85 bits per heavy atom. The van der Waals surface area contributed by atoms with Gasteiger partial charge in [0.1, 0.15) is 4.88 Å². The lowest BCUT2D eigenvalue weighted by atomic mass is 10.1. The van der Waals surface area contributed by atoms with Crippen LogP contribution in [-0.4, -0.2) is 15.5 Å². The zero-order chi connectivity index (χ0) is 14.7. The molecule has 0 radical (unpaired) electrons. The Morgan fingerprint density at radius 1 is 1.50 bits per heavy atom. The molecule has 1 aromatic carbocycles. The maximum Gasteiger partial charge on any atom is 0.269 e. The molecule has 0 atom stereocenters. The predicted molar refractivity (Wildman–Crippen MR) is 78.1 cm³/mol. The predicted octanol–water partition coefficient (Wildman–Crippen LogP) is 3.44. The first-order valence-electron chi connectivity index (χ1n) is 5.86. The van der Waals surface area contributed by atoms with Crippen LogP contribution in [0.5, 0.6) is 0 Å². The molecule has 1 aromatic heterocycles. The summed E-state index contributed by atoms with van der Waals surface area (Å²) in [6, 6.07) is 6.68. The molecule has 0 unspecified atom stereocenters. The molecule has 0 saturated carbocycles. The summed E-state index contributed by atoms with van der Waals surface area (Å²) in [5.41, 5.74) is 1.56. The number of benzene rings is 1. The third-order valence-corrected chi connectivity index (χ3v) is 3.67. The third kappa shape index (κ3) is 2.95. The Morgan fingerprint density at radius 2 is 2.25 bits per heavy atom. The Kier molecular flexibility index (Phi) is 4.32. The SMILES string of the molecule is CC(C)c1nnsc1C(=O)Nc1ccc(C#N)cc1Cl. The number of amides is 1. The van der Waals surface area contributed by atoms with Gasteiger partial charge in [-0.15, -0.1) is 5.10 Å². The van der Waals surface area contributed by atoms with E-state index in [-0.39, 0.29) is 11.8 Å². The first-order valence-corrected chi connectivity index (χ1v) is 7.01. The van der Waals surface area contributed by atoms with Gasteiger partial charge in [0.15, 0.2) is 0 Å². The molecular weight excluding hydrogens is 296 g/mol. The Labute approximate surface area is 125 Å². The lowest BCUT2D eigenvalue weighted by Crippen LogP contribution is -2.13. The number of anilines is 1. The number of carbonyl (C=O) groups is 1. The maximum absolute atomic E-state index is 12.2. The van der Waals surface area contributed by atoms with Gasteiger partial charge in [0, 0.05) is 0 Å². The van der Waals surface area contributed by atoms with Crippen LogP contribution < -0.4 is 5.32 Å². The van der Waals surface area contributed by atoms with Gasteiger partial charge in [-0.1, -0.05) is 29.9 Å². The van der Waals surface area contributed by atoms with E-state index in [0.717, 1.165) is 11.5 Å². The highest BCUT2D eigenvalue weighted by atomic mass is 35.5. The van der Waals surface area contributed by atoms with Gasteiger partial charge in [-0.2, -0.15) is 5.26 Å². The molecular formula is C13H11ClN4OS. The number of nitrogens with zero attached hydrogens (tertiary/aromatic N) is 3. The topological polar surface area (TPSA) is 78.7 Å². The van der Waals surface area contributed by atoms with Crippen LogP contribution in [0.3, 0.4) is 0 Å². The van der Waals surface area contributed by atoms with Crippen molar-refractivity contribution in [3.8, 4) is 6.07 Å². The second-order valence-electron chi connectivity index (χ2n) is 4.40. The van der Waals surface area contributed by atoms with Crippen LogP contribution in [0.2, 0.25) is 5.02 Å². The molecule has 7 heteroatoms. The van der Waals surface area contributed by atoms with Crippen molar-refractivity contribution < 1.29 is 4.79 Å². The minimum absolute atomic E-state index is 0.117. The molecule has 0 aliphatic carbocycles. The molecule has 0 fully saturated rings. The molecule has 2 rings (SSSR count). The molecule has 0 spiro atoms. The van der Waals surface area contributed by atoms with Gasteiger partial charge in [0.05, 0.1) is 28.0 Å². The highest BCUT2D eigenvalue weighted by molar-refractivity contribution is 7.08. The summed E-state index contributed by atoms with van der Waals surface area (Å²) in [6.45, 7) is 3.89. The summed E-state index contributed by atoms with van der Waals surface area (Å²) < 4.78 is 3.81. The van der Waals surface area contributed by atoms with E-state index < -0.39 is 0 Å². The normalized spacial score (nSPS) is 10.3. The van der Waals surface area contributed by atoms with Crippen LogP contribution in [-0.2, 0) is 0 Å². The van der Waals surface area contributed by atoms with Gasteiger partial charge >= 0.3 is 0 Å². The van der Waals surface area contributed by atoms with Crippen molar-refractivity contribution in [1.82, 2.24) is 9.59 Å². The smallest absolute Gasteiger partial charge is 0.269 e. The molecule has 1 N–H and O–H groups in total. The lowest BCUT2D eigenvalue weighted by molar-refractivity contribution is 0.102. The van der Waals surface area contributed by atoms with E-state index in [9.17, 15) is 4.79 Å². The van der Waals surface area contributed by atoms with E-state index in [4.69, 9.17) is 16.9 Å². The van der Waals surface area contributed by atoms with Crippen LogP contribution in [0, 0.1) is 11.3 Å². The number of rotatable bonds is 3. The fourth-order valence-electron chi connectivity index (χ4n) is 1.60. The summed E-state index contributed by atoms with van der Waals surface area (Å²) in [7, 11) is 0. The minimum Gasteiger partial charge on any atom is -0.320 e. The summed E-state index contributed by atoms with van der Waals surface area (Å²) in [4.78, 5) is 12.7. The zero-order valence-corrected chi connectivity index (χ0v) is 12.4. The first-order chi connectivity index (χ1) is 9.52. The zero-order valence-electron chi connectivity index (χ0n) is 10.8. The number of carbonyl (C=O) groups excluding carboxylic acids is 1. The van der Waals surface area contributed by atoms with Crippen molar-refractivity contribution in [2.75, 3.05) is 5.32 Å². The molecule has 1 amide bonds. The monoisotopic (exact) mass is 306 g/mol. The molecule has 0 aliphatic heterocycles. The number of aromatic nitrogens is 2. The fourth-order valence-corrected chi connectivity index (χ4v) is 2.54. The number of halogens is 1. The molecule has 0 aliphatic rings. The second kappa shape index (κ2) is 5.99.